The number of aliphatic hydroxyl groups is 1. The summed E-state index contributed by atoms with van der Waals surface area (Å²) in [4.78, 5) is 0. The van der Waals surface area contributed by atoms with Crippen molar-refractivity contribution in [3.8, 4) is 0 Å². The Morgan fingerprint density at radius 1 is 1.47 bits per heavy atom. The molecule has 0 spiro atoms. The molecule has 84 valence electrons. The number of nitrogens with zero attached hydrogens (tertiary/aromatic N) is 2. The Kier molecular flexibility index (Phi) is 4.84. The lowest BCUT2D eigenvalue weighted by atomic mass is 10.2. The number of nitrogens with one attached hydrogen (secondary N) is 1. The van der Waals surface area contributed by atoms with Crippen molar-refractivity contribution in [3.63, 3.8) is 0 Å². The number of hydrogen-bond donors (Lipinski definition) is 2. The fourth-order valence-electron chi connectivity index (χ4n) is 1.24. The Bertz CT molecular complexity index is 287. The molecule has 0 saturated heterocycles. The molecule has 0 amide bonds. The minimum Gasteiger partial charge on any atom is -0.395 e. The van der Waals surface area contributed by atoms with E-state index >= 15 is 0 Å². The lowest BCUT2D eigenvalue weighted by molar-refractivity contribution is 0.288. The van der Waals surface area contributed by atoms with Gasteiger partial charge in [-0.15, -0.1) is 5.10 Å². The van der Waals surface area contributed by atoms with E-state index in [-0.39, 0.29) is 17.9 Å². The summed E-state index contributed by atoms with van der Waals surface area (Å²) in [6, 6.07) is 3.98. The van der Waals surface area contributed by atoms with Crippen molar-refractivity contribution in [2.24, 2.45) is 0 Å². The van der Waals surface area contributed by atoms with Gasteiger partial charge in [0, 0.05) is 11.3 Å². The first-order valence-corrected chi connectivity index (χ1v) is 6.16. The molecule has 2 N–H and O–H groups in total. The lowest BCUT2D eigenvalue weighted by Crippen LogP contribution is -2.31. The van der Waals surface area contributed by atoms with Crippen molar-refractivity contribution in [2.75, 3.05) is 18.2 Å². The summed E-state index contributed by atoms with van der Waals surface area (Å²) in [6.45, 7) is 4.09. The van der Waals surface area contributed by atoms with Gasteiger partial charge in [0.05, 0.1) is 12.3 Å². The maximum atomic E-state index is 9.12. The van der Waals surface area contributed by atoms with Gasteiger partial charge in [-0.2, -0.15) is 16.9 Å². The van der Waals surface area contributed by atoms with Crippen LogP contribution in [0.1, 0.15) is 12.6 Å². The average molecular weight is 227 g/mol. The van der Waals surface area contributed by atoms with E-state index in [1.807, 2.05) is 32.2 Å². The van der Waals surface area contributed by atoms with Crippen LogP contribution in [-0.2, 0) is 0 Å². The highest BCUT2D eigenvalue weighted by molar-refractivity contribution is 7.99. The van der Waals surface area contributed by atoms with Crippen LogP contribution >= 0.6 is 11.8 Å². The molecular formula is C10H17N3OS. The number of aromatic nitrogens is 2. The third kappa shape index (κ3) is 3.68. The second kappa shape index (κ2) is 5.92. The molecule has 1 aromatic heterocycles. The number of rotatable bonds is 5. The van der Waals surface area contributed by atoms with E-state index < -0.39 is 0 Å². The summed E-state index contributed by atoms with van der Waals surface area (Å²) in [7, 11) is 0. The lowest BCUT2D eigenvalue weighted by Gasteiger charge is -2.21. The van der Waals surface area contributed by atoms with E-state index in [4.69, 9.17) is 5.11 Å². The van der Waals surface area contributed by atoms with Crippen LogP contribution in [0, 0.1) is 6.92 Å². The van der Waals surface area contributed by atoms with Crippen molar-refractivity contribution in [2.45, 2.75) is 25.1 Å². The number of aryl methyl sites for hydroxylation is 1. The highest BCUT2D eigenvalue weighted by Crippen LogP contribution is 2.14. The van der Waals surface area contributed by atoms with Crippen LogP contribution in [0.4, 0.5) is 5.82 Å². The smallest absolute Gasteiger partial charge is 0.148 e. The Morgan fingerprint density at radius 2 is 2.20 bits per heavy atom. The van der Waals surface area contributed by atoms with Gasteiger partial charge in [-0.3, -0.25) is 0 Å². The van der Waals surface area contributed by atoms with Gasteiger partial charge in [0.1, 0.15) is 5.82 Å². The van der Waals surface area contributed by atoms with Gasteiger partial charge in [0.2, 0.25) is 0 Å². The van der Waals surface area contributed by atoms with Crippen LogP contribution in [0.25, 0.3) is 0 Å². The van der Waals surface area contributed by atoms with Crippen molar-refractivity contribution in [1.29, 1.82) is 0 Å². The SMILES string of the molecule is CSC(CO)C(C)Nc1ccc(C)nn1. The Hall–Kier alpha value is -0.810. The fourth-order valence-corrected chi connectivity index (χ4v) is 1.86. The molecule has 0 fully saturated rings. The molecule has 1 aromatic rings. The summed E-state index contributed by atoms with van der Waals surface area (Å²) >= 11 is 1.64. The Morgan fingerprint density at radius 3 is 2.67 bits per heavy atom. The van der Waals surface area contributed by atoms with Gasteiger partial charge in [0.15, 0.2) is 0 Å². The zero-order valence-electron chi connectivity index (χ0n) is 9.27. The molecule has 4 nitrogen and oxygen atoms in total. The molecule has 2 unspecified atom stereocenters. The Balaban J connectivity index is 2.57. The second-order valence-electron chi connectivity index (χ2n) is 3.45. The predicted octanol–water partition coefficient (Wildman–Crippen LogP) is 1.31. The molecule has 0 aromatic carbocycles. The molecule has 0 bridgehead atoms. The summed E-state index contributed by atoms with van der Waals surface area (Å²) in [5.41, 5.74) is 0.900. The summed E-state index contributed by atoms with van der Waals surface area (Å²) in [6.07, 6.45) is 1.99. The highest BCUT2D eigenvalue weighted by atomic mass is 32.2. The molecule has 0 aliphatic carbocycles. The van der Waals surface area contributed by atoms with E-state index in [0.29, 0.717) is 0 Å². The third-order valence-corrected chi connectivity index (χ3v) is 3.38. The standard InChI is InChI=1S/C10H17N3OS/c1-7-4-5-10(13-12-7)11-8(2)9(6-14)15-3/h4-5,8-9,14H,6H2,1-3H3,(H,11,13). The molecule has 2 atom stereocenters. The first-order valence-electron chi connectivity index (χ1n) is 4.88. The fraction of sp³-hybridized carbons (Fsp3) is 0.600. The molecule has 0 saturated carbocycles. The molecule has 1 heterocycles. The molecule has 1 rings (SSSR count). The molecule has 0 aliphatic heterocycles. The zero-order valence-corrected chi connectivity index (χ0v) is 10.1. The van der Waals surface area contributed by atoms with Crippen LogP contribution in [0.2, 0.25) is 0 Å². The quantitative estimate of drug-likeness (QED) is 0.794. The largest absolute Gasteiger partial charge is 0.395 e. The van der Waals surface area contributed by atoms with Crippen molar-refractivity contribution >= 4 is 17.6 Å². The highest BCUT2D eigenvalue weighted by Gasteiger charge is 2.15. The van der Waals surface area contributed by atoms with Crippen LogP contribution in [0.5, 0.6) is 0 Å². The van der Waals surface area contributed by atoms with Crippen molar-refractivity contribution in [3.05, 3.63) is 17.8 Å². The van der Waals surface area contributed by atoms with Crippen LogP contribution < -0.4 is 5.32 Å². The van der Waals surface area contributed by atoms with E-state index in [2.05, 4.69) is 15.5 Å². The Labute approximate surface area is 94.5 Å². The van der Waals surface area contributed by atoms with Gasteiger partial charge in [-0.05, 0) is 32.2 Å². The number of thioether (sulfide) groups is 1. The van der Waals surface area contributed by atoms with Crippen molar-refractivity contribution < 1.29 is 5.11 Å². The molecular weight excluding hydrogens is 210 g/mol. The van der Waals surface area contributed by atoms with E-state index in [0.717, 1.165) is 11.5 Å². The first-order chi connectivity index (χ1) is 7.17. The second-order valence-corrected chi connectivity index (χ2v) is 4.53. The molecule has 5 heteroatoms. The van der Waals surface area contributed by atoms with Gasteiger partial charge in [0.25, 0.3) is 0 Å². The monoisotopic (exact) mass is 227 g/mol. The van der Waals surface area contributed by atoms with Gasteiger partial charge >= 0.3 is 0 Å². The van der Waals surface area contributed by atoms with E-state index in [9.17, 15) is 0 Å². The minimum atomic E-state index is 0.161. The number of hydrogen-bond acceptors (Lipinski definition) is 5. The van der Waals surface area contributed by atoms with E-state index in [1.54, 1.807) is 11.8 Å². The third-order valence-electron chi connectivity index (χ3n) is 2.21. The van der Waals surface area contributed by atoms with Gasteiger partial charge in [-0.1, -0.05) is 0 Å². The summed E-state index contributed by atoms with van der Waals surface area (Å²) < 4.78 is 0. The normalized spacial score (nSPS) is 14.7. The van der Waals surface area contributed by atoms with Crippen molar-refractivity contribution in [1.82, 2.24) is 10.2 Å². The zero-order chi connectivity index (χ0) is 11.3. The topological polar surface area (TPSA) is 58.0 Å². The van der Waals surface area contributed by atoms with Crippen LogP contribution in [0.15, 0.2) is 12.1 Å². The number of anilines is 1. The van der Waals surface area contributed by atoms with Crippen LogP contribution in [-0.4, -0.2) is 39.5 Å². The molecule has 0 aliphatic rings. The minimum absolute atomic E-state index is 0.161. The molecule has 0 radical (unpaired) electrons. The summed E-state index contributed by atoms with van der Waals surface area (Å²) in [5, 5.41) is 20.5. The maximum Gasteiger partial charge on any atom is 0.148 e. The average Bonchev–Trinajstić information content (AvgIpc) is 2.23. The number of aliphatic hydroxyl groups excluding tert-OH is 1. The molecule has 15 heavy (non-hydrogen) atoms. The summed E-state index contributed by atoms with van der Waals surface area (Å²) in [5.74, 6) is 0.751. The maximum absolute atomic E-state index is 9.12. The van der Waals surface area contributed by atoms with Gasteiger partial charge in [-0.25, -0.2) is 0 Å². The van der Waals surface area contributed by atoms with Gasteiger partial charge < -0.3 is 10.4 Å². The first kappa shape index (κ1) is 12.3. The van der Waals surface area contributed by atoms with E-state index in [1.165, 1.54) is 0 Å². The predicted molar refractivity (Wildman–Crippen MR) is 64.2 cm³/mol. The van der Waals surface area contributed by atoms with Crippen LogP contribution in [0.3, 0.4) is 0 Å².